The zero-order chi connectivity index (χ0) is 26.2. The summed E-state index contributed by atoms with van der Waals surface area (Å²) in [5.74, 6) is -1.19. The SMILES string of the molecule is O=C(O)c1ccn(C(=O)N2CCC3(CCCN3Cc3ccc(C(F)(F)F)cc3N3CCOCC3)CC2)n1. The second-order valence-corrected chi connectivity index (χ2v) is 9.91. The number of hydrogen-bond donors (Lipinski definition) is 1. The van der Waals surface area contributed by atoms with Gasteiger partial charge in [-0.15, -0.1) is 0 Å². The molecule has 0 atom stereocenters. The maximum absolute atomic E-state index is 13.5. The lowest BCUT2D eigenvalue weighted by Gasteiger charge is -2.45. The van der Waals surface area contributed by atoms with Gasteiger partial charge in [0.15, 0.2) is 5.69 Å². The highest BCUT2D eigenvalue weighted by Gasteiger charge is 2.44. The molecule has 3 aliphatic heterocycles. The van der Waals surface area contributed by atoms with E-state index in [-0.39, 0.29) is 17.3 Å². The Morgan fingerprint density at radius 2 is 1.76 bits per heavy atom. The van der Waals surface area contributed by atoms with Crippen LogP contribution in [0.25, 0.3) is 0 Å². The third kappa shape index (κ3) is 5.17. The topological polar surface area (TPSA) is 91.1 Å². The van der Waals surface area contributed by atoms with E-state index in [0.717, 1.165) is 42.5 Å². The van der Waals surface area contributed by atoms with Crippen LogP contribution in [0.2, 0.25) is 0 Å². The number of aromatic nitrogens is 2. The van der Waals surface area contributed by atoms with Crippen LogP contribution in [0.1, 0.15) is 47.3 Å². The molecule has 3 saturated heterocycles. The van der Waals surface area contributed by atoms with Crippen molar-refractivity contribution in [2.24, 2.45) is 0 Å². The van der Waals surface area contributed by atoms with Crippen LogP contribution >= 0.6 is 0 Å². The second-order valence-electron chi connectivity index (χ2n) is 9.91. The van der Waals surface area contributed by atoms with Crippen LogP contribution in [0.4, 0.5) is 23.7 Å². The molecule has 1 N–H and O–H groups in total. The molecule has 1 spiro atoms. The molecule has 0 bridgehead atoms. The van der Waals surface area contributed by atoms with Gasteiger partial charge in [0.05, 0.1) is 18.8 Å². The summed E-state index contributed by atoms with van der Waals surface area (Å²) in [5, 5.41) is 12.9. The molecule has 12 heteroatoms. The highest BCUT2D eigenvalue weighted by molar-refractivity contribution is 5.86. The standard InChI is InChI=1S/C25H30F3N5O4/c26-25(27,28)19-3-2-18(21(16-19)30-12-14-37-15-13-30)17-32-8-1-5-24(32)6-10-31(11-7-24)23(36)33-9-4-20(29-33)22(34)35/h2-4,9,16H,1,5-8,10-15,17H2,(H,34,35). The minimum absolute atomic E-state index is 0.127. The van der Waals surface area contributed by atoms with Crippen LogP contribution in [0.3, 0.4) is 0 Å². The normalized spacial score (nSPS) is 20.5. The maximum atomic E-state index is 13.5. The Balaban J connectivity index is 1.31. The quantitative estimate of drug-likeness (QED) is 0.658. The summed E-state index contributed by atoms with van der Waals surface area (Å²) in [6, 6.07) is 4.97. The van der Waals surface area contributed by atoms with Crippen molar-refractivity contribution in [3.8, 4) is 0 Å². The van der Waals surface area contributed by atoms with Crippen molar-refractivity contribution in [2.75, 3.05) is 50.8 Å². The lowest BCUT2D eigenvalue weighted by Crippen LogP contribution is -2.53. The van der Waals surface area contributed by atoms with Crippen molar-refractivity contribution < 1.29 is 32.6 Å². The summed E-state index contributed by atoms with van der Waals surface area (Å²) in [7, 11) is 0. The molecule has 1 amide bonds. The van der Waals surface area contributed by atoms with Gasteiger partial charge in [0.1, 0.15) is 0 Å². The number of nitrogens with zero attached hydrogens (tertiary/aromatic N) is 5. The van der Waals surface area contributed by atoms with Crippen molar-refractivity contribution in [2.45, 2.75) is 43.9 Å². The van der Waals surface area contributed by atoms with Gasteiger partial charge in [-0.2, -0.15) is 23.0 Å². The number of anilines is 1. The molecule has 0 saturated carbocycles. The predicted molar refractivity (Wildman–Crippen MR) is 128 cm³/mol. The van der Waals surface area contributed by atoms with Crippen molar-refractivity contribution in [1.82, 2.24) is 19.6 Å². The van der Waals surface area contributed by atoms with E-state index < -0.39 is 17.7 Å². The maximum Gasteiger partial charge on any atom is 0.416 e. The Kier molecular flexibility index (Phi) is 6.88. The molecule has 3 fully saturated rings. The number of likely N-dealkylation sites (tertiary alicyclic amines) is 2. The molecule has 1 aromatic heterocycles. The minimum Gasteiger partial charge on any atom is -0.476 e. The number of morpholine rings is 1. The average molecular weight is 522 g/mol. The molecule has 0 radical (unpaired) electrons. The number of alkyl halides is 3. The minimum atomic E-state index is -4.41. The van der Waals surface area contributed by atoms with E-state index in [0.29, 0.717) is 51.6 Å². The number of carboxylic acid groups (broad SMARTS) is 1. The van der Waals surface area contributed by atoms with Gasteiger partial charge in [0.2, 0.25) is 0 Å². The molecular formula is C25H30F3N5O4. The number of aromatic carboxylic acids is 1. The predicted octanol–water partition coefficient (Wildman–Crippen LogP) is 3.54. The molecule has 2 aromatic rings. The highest BCUT2D eigenvalue weighted by atomic mass is 19.4. The van der Waals surface area contributed by atoms with E-state index >= 15 is 0 Å². The number of carbonyl (C=O) groups is 2. The Labute approximate surface area is 212 Å². The summed E-state index contributed by atoms with van der Waals surface area (Å²) in [6.07, 6.45) is 0.373. The summed E-state index contributed by atoms with van der Waals surface area (Å²) >= 11 is 0. The smallest absolute Gasteiger partial charge is 0.416 e. The number of rotatable bonds is 4. The fourth-order valence-electron chi connectivity index (χ4n) is 5.79. The Hall–Kier alpha value is -3.12. The van der Waals surface area contributed by atoms with Crippen molar-refractivity contribution >= 4 is 17.7 Å². The van der Waals surface area contributed by atoms with Crippen LogP contribution in [0.5, 0.6) is 0 Å². The number of carboxylic acids is 1. The van der Waals surface area contributed by atoms with Gasteiger partial charge in [-0.25, -0.2) is 9.59 Å². The molecule has 9 nitrogen and oxygen atoms in total. The van der Waals surface area contributed by atoms with Crippen molar-refractivity contribution in [3.05, 3.63) is 47.3 Å². The number of piperidine rings is 1. The molecule has 3 aliphatic rings. The number of amides is 1. The summed E-state index contributed by atoms with van der Waals surface area (Å²) in [5.41, 5.74) is 0.521. The fourth-order valence-corrected chi connectivity index (χ4v) is 5.79. The van der Waals surface area contributed by atoms with Crippen LogP contribution in [-0.4, -0.2) is 88.2 Å². The number of halogens is 3. The first-order valence-electron chi connectivity index (χ1n) is 12.5. The summed E-state index contributed by atoms with van der Waals surface area (Å²) < 4.78 is 47.0. The molecule has 200 valence electrons. The van der Waals surface area contributed by atoms with E-state index in [9.17, 15) is 22.8 Å². The molecule has 1 aromatic carbocycles. The average Bonchev–Trinajstić information content (AvgIpc) is 3.53. The van der Waals surface area contributed by atoms with Crippen LogP contribution in [0.15, 0.2) is 30.5 Å². The largest absolute Gasteiger partial charge is 0.476 e. The summed E-state index contributed by atoms with van der Waals surface area (Å²) in [4.78, 5) is 30.0. The number of benzene rings is 1. The lowest BCUT2D eigenvalue weighted by molar-refractivity contribution is -0.137. The van der Waals surface area contributed by atoms with Crippen LogP contribution < -0.4 is 4.90 Å². The zero-order valence-electron chi connectivity index (χ0n) is 20.4. The first-order valence-corrected chi connectivity index (χ1v) is 12.5. The number of hydrogen-bond acceptors (Lipinski definition) is 6. The molecule has 0 unspecified atom stereocenters. The number of ether oxygens (including phenoxy) is 1. The van der Waals surface area contributed by atoms with Gasteiger partial charge < -0.3 is 19.6 Å². The van der Waals surface area contributed by atoms with Gasteiger partial charge >= 0.3 is 18.2 Å². The van der Waals surface area contributed by atoms with Crippen molar-refractivity contribution in [1.29, 1.82) is 0 Å². The Bertz CT molecular complexity index is 1150. The molecular weight excluding hydrogens is 491 g/mol. The van der Waals surface area contributed by atoms with Crippen LogP contribution in [0, 0.1) is 0 Å². The lowest BCUT2D eigenvalue weighted by atomic mass is 9.84. The first kappa shape index (κ1) is 25.5. The van der Waals surface area contributed by atoms with E-state index in [1.54, 1.807) is 11.0 Å². The zero-order valence-corrected chi connectivity index (χ0v) is 20.4. The van der Waals surface area contributed by atoms with Crippen LogP contribution in [-0.2, 0) is 17.5 Å². The van der Waals surface area contributed by atoms with Crippen molar-refractivity contribution in [3.63, 3.8) is 0 Å². The Morgan fingerprint density at radius 3 is 2.41 bits per heavy atom. The molecule has 0 aliphatic carbocycles. The highest BCUT2D eigenvalue weighted by Crippen LogP contribution is 2.41. The Morgan fingerprint density at radius 1 is 1.03 bits per heavy atom. The molecule has 37 heavy (non-hydrogen) atoms. The van der Waals surface area contributed by atoms with Gasteiger partial charge in [-0.05, 0) is 56.0 Å². The van der Waals surface area contributed by atoms with E-state index in [1.807, 2.05) is 4.90 Å². The third-order valence-electron chi connectivity index (χ3n) is 7.84. The van der Waals surface area contributed by atoms with Gasteiger partial charge in [0, 0.05) is 50.1 Å². The monoisotopic (exact) mass is 521 g/mol. The fraction of sp³-hybridized carbons (Fsp3) is 0.560. The molecule has 4 heterocycles. The van der Waals surface area contributed by atoms with E-state index in [4.69, 9.17) is 9.84 Å². The summed E-state index contributed by atoms with van der Waals surface area (Å²) in [6.45, 7) is 4.45. The second kappa shape index (κ2) is 9.97. The van der Waals surface area contributed by atoms with Gasteiger partial charge in [0.25, 0.3) is 0 Å². The third-order valence-corrected chi connectivity index (χ3v) is 7.84. The first-order chi connectivity index (χ1) is 17.7. The van der Waals surface area contributed by atoms with E-state index in [2.05, 4.69) is 10.00 Å². The number of carbonyl (C=O) groups excluding carboxylic acids is 1. The van der Waals surface area contributed by atoms with Gasteiger partial charge in [-0.1, -0.05) is 6.07 Å². The van der Waals surface area contributed by atoms with E-state index in [1.165, 1.54) is 24.4 Å². The molecule has 5 rings (SSSR count). The van der Waals surface area contributed by atoms with Gasteiger partial charge in [-0.3, -0.25) is 4.90 Å².